The smallest absolute Gasteiger partial charge is 0.253 e. The van der Waals surface area contributed by atoms with Gasteiger partial charge in [0.25, 0.3) is 5.56 Å². The number of pyridine rings is 2. The van der Waals surface area contributed by atoms with Crippen LogP contribution in [0.25, 0.3) is 11.1 Å². The predicted octanol–water partition coefficient (Wildman–Crippen LogP) is 4.42. The summed E-state index contributed by atoms with van der Waals surface area (Å²) in [6.45, 7) is 3.42. The van der Waals surface area contributed by atoms with Crippen molar-refractivity contribution >= 4 is 5.84 Å². The highest BCUT2D eigenvalue weighted by Crippen LogP contribution is 2.47. The van der Waals surface area contributed by atoms with E-state index in [0.717, 1.165) is 0 Å². The molecule has 0 radical (unpaired) electrons. The van der Waals surface area contributed by atoms with Crippen molar-refractivity contribution in [3.63, 3.8) is 0 Å². The van der Waals surface area contributed by atoms with Crippen molar-refractivity contribution in [2.45, 2.75) is 19.4 Å². The Labute approximate surface area is 207 Å². The van der Waals surface area contributed by atoms with Crippen LogP contribution in [0.2, 0.25) is 0 Å². The molecule has 5 rings (SSSR count). The monoisotopic (exact) mass is 480 g/mol. The van der Waals surface area contributed by atoms with Crippen LogP contribution in [-0.2, 0) is 12.6 Å². The minimum Gasteiger partial charge on any atom is -0.383 e. The number of rotatable bonds is 3. The fraction of sp³-hybridized carbons (Fsp3) is 0.138. The van der Waals surface area contributed by atoms with E-state index < -0.39 is 17.2 Å². The maximum Gasteiger partial charge on any atom is 0.253 e. The number of halogens is 2. The average Bonchev–Trinajstić information content (AvgIpc) is 3.17. The second kappa shape index (κ2) is 8.58. The molecule has 1 aliphatic heterocycles. The van der Waals surface area contributed by atoms with E-state index in [1.807, 2.05) is 0 Å². The van der Waals surface area contributed by atoms with E-state index in [0.29, 0.717) is 38.9 Å². The summed E-state index contributed by atoms with van der Waals surface area (Å²) in [7, 11) is 1.64. The fourth-order valence-corrected chi connectivity index (χ4v) is 4.84. The number of benzene rings is 2. The molecule has 2 aromatic heterocycles. The lowest BCUT2D eigenvalue weighted by Gasteiger charge is -2.30. The van der Waals surface area contributed by atoms with Crippen molar-refractivity contribution in [3.8, 4) is 23.0 Å². The molecule has 0 amide bonds. The van der Waals surface area contributed by atoms with Crippen molar-refractivity contribution in [1.29, 1.82) is 0 Å². The van der Waals surface area contributed by atoms with Gasteiger partial charge in [0, 0.05) is 59.0 Å². The standard InChI is InChI=1S/C29H22F2N4O/c1-4-6-18-12-19(15-33-14-18)22-13-20(9-10-24(22)30)29(21-11-17(2)28(36)35(3)16-21)23-7-5-8-25(31)26(23)27(32)34-29/h5,7-16H,1-3H3,(H2,32,34)/t29-/m1/s1. The maximum absolute atomic E-state index is 15.2. The van der Waals surface area contributed by atoms with Gasteiger partial charge in [0.05, 0.1) is 5.56 Å². The Morgan fingerprint density at radius 1 is 1.03 bits per heavy atom. The van der Waals surface area contributed by atoms with Gasteiger partial charge in [0.15, 0.2) is 0 Å². The molecule has 2 aromatic carbocycles. The van der Waals surface area contributed by atoms with Crippen molar-refractivity contribution in [2.75, 3.05) is 0 Å². The van der Waals surface area contributed by atoms with Gasteiger partial charge in [-0.05, 0) is 49.7 Å². The van der Waals surface area contributed by atoms with Crippen molar-refractivity contribution in [3.05, 3.63) is 122 Å². The van der Waals surface area contributed by atoms with Crippen LogP contribution in [0.4, 0.5) is 8.78 Å². The molecule has 36 heavy (non-hydrogen) atoms. The van der Waals surface area contributed by atoms with E-state index in [-0.39, 0.29) is 17.0 Å². The number of aliphatic imine (C=N–C) groups is 1. The van der Waals surface area contributed by atoms with Crippen LogP contribution in [0.5, 0.6) is 0 Å². The van der Waals surface area contributed by atoms with Gasteiger partial charge in [-0.3, -0.25) is 9.78 Å². The third kappa shape index (κ3) is 3.50. The molecule has 1 aliphatic rings. The molecule has 0 bridgehead atoms. The van der Waals surface area contributed by atoms with Gasteiger partial charge in [-0.2, -0.15) is 0 Å². The SMILES string of the molecule is CC#Cc1cncc(-c2cc([C@]3(c4cc(C)c(=O)n(C)c4)N=C(N)c4c(F)cccc43)ccc2F)c1. The molecule has 3 heterocycles. The summed E-state index contributed by atoms with van der Waals surface area (Å²) < 4.78 is 31.6. The van der Waals surface area contributed by atoms with Gasteiger partial charge < -0.3 is 10.3 Å². The van der Waals surface area contributed by atoms with E-state index in [4.69, 9.17) is 10.7 Å². The largest absolute Gasteiger partial charge is 0.383 e. The van der Waals surface area contributed by atoms with Crippen molar-refractivity contribution in [1.82, 2.24) is 9.55 Å². The summed E-state index contributed by atoms with van der Waals surface area (Å²) in [6, 6.07) is 12.8. The normalized spacial score (nSPS) is 16.2. The van der Waals surface area contributed by atoms with Crippen LogP contribution in [0.1, 0.15) is 40.3 Å². The molecular weight excluding hydrogens is 458 g/mol. The zero-order chi connectivity index (χ0) is 25.6. The highest BCUT2D eigenvalue weighted by Gasteiger charge is 2.45. The predicted molar refractivity (Wildman–Crippen MR) is 136 cm³/mol. The zero-order valence-electron chi connectivity index (χ0n) is 19.9. The molecule has 178 valence electrons. The molecule has 0 aliphatic carbocycles. The molecule has 2 N–H and O–H groups in total. The summed E-state index contributed by atoms with van der Waals surface area (Å²) >= 11 is 0. The molecule has 0 saturated heterocycles. The average molecular weight is 481 g/mol. The van der Waals surface area contributed by atoms with Gasteiger partial charge in [-0.25, -0.2) is 13.8 Å². The van der Waals surface area contributed by atoms with Crippen LogP contribution in [-0.4, -0.2) is 15.4 Å². The lowest BCUT2D eigenvalue weighted by Crippen LogP contribution is -2.29. The Morgan fingerprint density at radius 2 is 1.83 bits per heavy atom. The molecule has 0 spiro atoms. The molecule has 1 atom stereocenters. The Balaban J connectivity index is 1.84. The summed E-state index contributed by atoms with van der Waals surface area (Å²) in [4.78, 5) is 21.5. The van der Waals surface area contributed by atoms with Crippen LogP contribution >= 0.6 is 0 Å². The number of fused-ring (bicyclic) bond motifs is 1. The van der Waals surface area contributed by atoms with E-state index in [9.17, 15) is 9.18 Å². The van der Waals surface area contributed by atoms with E-state index in [1.54, 1.807) is 75.9 Å². The van der Waals surface area contributed by atoms with Gasteiger partial charge in [0.2, 0.25) is 0 Å². The molecule has 0 fully saturated rings. The first-order valence-corrected chi connectivity index (χ1v) is 11.3. The molecule has 0 unspecified atom stereocenters. The Morgan fingerprint density at radius 3 is 2.58 bits per heavy atom. The van der Waals surface area contributed by atoms with Gasteiger partial charge in [0.1, 0.15) is 23.0 Å². The number of aryl methyl sites for hydroxylation is 2. The Kier molecular flexibility index (Phi) is 5.52. The molecular formula is C29H22F2N4O. The van der Waals surface area contributed by atoms with Crippen LogP contribution in [0, 0.1) is 30.4 Å². The minimum absolute atomic E-state index is 0.0300. The Bertz CT molecular complexity index is 1670. The first kappa shape index (κ1) is 23.2. The second-order valence-corrected chi connectivity index (χ2v) is 8.73. The quantitative estimate of drug-likeness (QED) is 0.442. The van der Waals surface area contributed by atoms with Crippen LogP contribution in [0.15, 0.2) is 76.9 Å². The second-order valence-electron chi connectivity index (χ2n) is 8.73. The van der Waals surface area contributed by atoms with E-state index in [1.165, 1.54) is 16.7 Å². The van der Waals surface area contributed by atoms with E-state index >= 15 is 4.39 Å². The summed E-state index contributed by atoms with van der Waals surface area (Å²) in [5.74, 6) is 4.82. The topological polar surface area (TPSA) is 73.3 Å². The molecule has 7 heteroatoms. The van der Waals surface area contributed by atoms with Crippen molar-refractivity contribution in [2.24, 2.45) is 17.8 Å². The summed E-state index contributed by atoms with van der Waals surface area (Å²) in [5, 5.41) is 0. The Hall–Kier alpha value is -4.57. The number of nitrogens with zero attached hydrogens (tertiary/aromatic N) is 3. The van der Waals surface area contributed by atoms with Gasteiger partial charge in [-0.15, -0.1) is 5.92 Å². The summed E-state index contributed by atoms with van der Waals surface area (Å²) in [5.41, 5.74) is 8.67. The summed E-state index contributed by atoms with van der Waals surface area (Å²) in [6.07, 6.45) is 4.83. The molecule has 4 aromatic rings. The third-order valence-electron chi connectivity index (χ3n) is 6.43. The van der Waals surface area contributed by atoms with Crippen LogP contribution in [0.3, 0.4) is 0 Å². The third-order valence-corrected chi connectivity index (χ3v) is 6.43. The first-order chi connectivity index (χ1) is 17.3. The van der Waals surface area contributed by atoms with Gasteiger partial charge >= 0.3 is 0 Å². The van der Waals surface area contributed by atoms with Gasteiger partial charge in [-0.1, -0.05) is 24.1 Å². The lowest BCUT2D eigenvalue weighted by atomic mass is 9.77. The lowest BCUT2D eigenvalue weighted by molar-refractivity contribution is 0.609. The fourth-order valence-electron chi connectivity index (χ4n) is 4.84. The number of amidine groups is 1. The van der Waals surface area contributed by atoms with Crippen molar-refractivity contribution < 1.29 is 8.78 Å². The molecule has 5 nitrogen and oxygen atoms in total. The number of hydrogen-bond donors (Lipinski definition) is 1. The first-order valence-electron chi connectivity index (χ1n) is 11.3. The molecule has 0 saturated carbocycles. The zero-order valence-corrected chi connectivity index (χ0v) is 19.9. The highest BCUT2D eigenvalue weighted by molar-refractivity contribution is 6.03. The maximum atomic E-state index is 15.2. The minimum atomic E-state index is -1.30. The number of aromatic nitrogens is 2. The highest BCUT2D eigenvalue weighted by atomic mass is 19.1. The van der Waals surface area contributed by atoms with E-state index in [2.05, 4.69) is 16.8 Å². The number of nitrogens with two attached hydrogens (primary N) is 1. The van der Waals surface area contributed by atoms with Crippen LogP contribution < -0.4 is 11.3 Å². The number of hydrogen-bond acceptors (Lipinski definition) is 4.